The van der Waals surface area contributed by atoms with Crippen molar-refractivity contribution in [2.24, 2.45) is 0 Å². The molecule has 1 N–H and O–H groups in total. The molecule has 1 rings (SSSR count). The van der Waals surface area contributed by atoms with Gasteiger partial charge in [0.1, 0.15) is 0 Å². The molecule has 1 aromatic heterocycles. The maximum atomic E-state index is 4.67. The molecule has 0 radical (unpaired) electrons. The van der Waals surface area contributed by atoms with Crippen molar-refractivity contribution in [1.82, 2.24) is 10.3 Å². The lowest BCUT2D eigenvalue weighted by molar-refractivity contribution is 0.372. The minimum Gasteiger partial charge on any atom is -0.306 e. The molecule has 0 bridgehead atoms. The molecule has 0 atom stereocenters. The van der Waals surface area contributed by atoms with Crippen LogP contribution in [0.5, 0.6) is 0 Å². The lowest BCUT2D eigenvalue weighted by Crippen LogP contribution is -2.37. The van der Waals surface area contributed by atoms with Gasteiger partial charge in [-0.1, -0.05) is 27.7 Å². The van der Waals surface area contributed by atoms with Gasteiger partial charge < -0.3 is 5.32 Å². The predicted octanol–water partition coefficient (Wildman–Crippen LogP) is 3.72. The highest BCUT2D eigenvalue weighted by atomic mass is 32.1. The Balaban J connectivity index is 2.60. The number of hydrogen-bond donors (Lipinski definition) is 1. The molecule has 0 saturated carbocycles. The van der Waals surface area contributed by atoms with Crippen LogP contribution in [0, 0.1) is 0 Å². The predicted molar refractivity (Wildman–Crippen MR) is 72.0 cm³/mol. The first-order valence-corrected chi connectivity index (χ1v) is 6.82. The average molecular weight is 240 g/mol. The zero-order valence-electron chi connectivity index (χ0n) is 11.3. The highest BCUT2D eigenvalue weighted by Crippen LogP contribution is 2.25. The largest absolute Gasteiger partial charge is 0.306 e. The molecule has 16 heavy (non-hydrogen) atoms. The van der Waals surface area contributed by atoms with Gasteiger partial charge in [-0.15, -0.1) is 11.3 Å². The molecule has 0 aliphatic carbocycles. The van der Waals surface area contributed by atoms with E-state index in [1.54, 1.807) is 11.3 Å². The molecular weight excluding hydrogens is 216 g/mol. The number of nitrogens with zero attached hydrogens (tertiary/aromatic N) is 1. The van der Waals surface area contributed by atoms with Crippen LogP contribution < -0.4 is 5.32 Å². The number of aromatic nitrogens is 1. The maximum Gasteiger partial charge on any atom is 0.0982 e. The van der Waals surface area contributed by atoms with Crippen LogP contribution in [-0.4, -0.2) is 10.5 Å². The Labute approximate surface area is 103 Å². The van der Waals surface area contributed by atoms with E-state index in [2.05, 4.69) is 57.2 Å². The average Bonchev–Trinajstić information content (AvgIpc) is 2.63. The van der Waals surface area contributed by atoms with Crippen LogP contribution in [0.3, 0.4) is 0 Å². The Morgan fingerprint density at radius 3 is 2.31 bits per heavy atom. The van der Waals surface area contributed by atoms with Crippen molar-refractivity contribution in [3.05, 3.63) is 16.1 Å². The van der Waals surface area contributed by atoms with Gasteiger partial charge in [0.25, 0.3) is 0 Å². The Kier molecular flexibility index (Phi) is 4.13. The highest BCUT2D eigenvalue weighted by molar-refractivity contribution is 7.09. The van der Waals surface area contributed by atoms with E-state index < -0.39 is 0 Å². The minimum absolute atomic E-state index is 0.170. The molecule has 0 saturated heterocycles. The second kappa shape index (κ2) is 4.84. The molecule has 0 unspecified atom stereocenters. The summed E-state index contributed by atoms with van der Waals surface area (Å²) >= 11 is 1.76. The first-order chi connectivity index (χ1) is 7.24. The van der Waals surface area contributed by atoms with Gasteiger partial charge in [0.15, 0.2) is 0 Å². The Bertz CT molecular complexity index is 334. The lowest BCUT2D eigenvalue weighted by atomic mass is 9.98. The summed E-state index contributed by atoms with van der Waals surface area (Å²) in [5, 5.41) is 6.92. The van der Waals surface area contributed by atoms with E-state index in [-0.39, 0.29) is 11.0 Å². The van der Waals surface area contributed by atoms with Crippen LogP contribution in [-0.2, 0) is 12.0 Å². The fraction of sp³-hybridized carbons (Fsp3) is 0.769. The third-order valence-corrected chi connectivity index (χ3v) is 4.14. The molecule has 2 nitrogen and oxygen atoms in total. The number of thiazole rings is 1. The molecule has 1 heterocycles. The zero-order valence-corrected chi connectivity index (χ0v) is 12.2. The summed E-state index contributed by atoms with van der Waals surface area (Å²) in [7, 11) is 0. The van der Waals surface area contributed by atoms with Gasteiger partial charge in [0.2, 0.25) is 0 Å². The standard InChI is InChI=1S/C13H24N2S/c1-7-13(5,6)14-8-10-9-16-11(15-10)12(2,3)4/h9,14H,7-8H2,1-6H3. The zero-order chi connectivity index (χ0) is 12.4. The molecule has 1 aromatic rings. The molecule has 0 aliphatic rings. The van der Waals surface area contributed by atoms with Crippen LogP contribution in [0.4, 0.5) is 0 Å². The van der Waals surface area contributed by atoms with Crippen LogP contribution in [0.1, 0.15) is 58.7 Å². The van der Waals surface area contributed by atoms with E-state index in [1.165, 1.54) is 5.01 Å². The van der Waals surface area contributed by atoms with Crippen LogP contribution >= 0.6 is 11.3 Å². The van der Waals surface area contributed by atoms with Gasteiger partial charge >= 0.3 is 0 Å². The van der Waals surface area contributed by atoms with E-state index >= 15 is 0 Å². The van der Waals surface area contributed by atoms with E-state index in [0.29, 0.717) is 0 Å². The van der Waals surface area contributed by atoms with Crippen molar-refractivity contribution in [2.45, 2.75) is 65.5 Å². The van der Waals surface area contributed by atoms with E-state index in [9.17, 15) is 0 Å². The van der Waals surface area contributed by atoms with Crippen molar-refractivity contribution in [3.63, 3.8) is 0 Å². The van der Waals surface area contributed by atoms with E-state index in [0.717, 1.165) is 18.7 Å². The van der Waals surface area contributed by atoms with Gasteiger partial charge in [-0.05, 0) is 20.3 Å². The number of nitrogens with one attached hydrogen (secondary N) is 1. The van der Waals surface area contributed by atoms with Gasteiger partial charge in [0.05, 0.1) is 10.7 Å². The fourth-order valence-electron chi connectivity index (χ4n) is 1.19. The summed E-state index contributed by atoms with van der Waals surface area (Å²) in [6.45, 7) is 14.1. The molecule has 0 amide bonds. The van der Waals surface area contributed by atoms with Gasteiger partial charge in [-0.25, -0.2) is 4.98 Å². The van der Waals surface area contributed by atoms with E-state index in [4.69, 9.17) is 0 Å². The quantitative estimate of drug-likeness (QED) is 0.867. The Morgan fingerprint density at radius 1 is 1.25 bits per heavy atom. The highest BCUT2D eigenvalue weighted by Gasteiger charge is 2.19. The summed E-state index contributed by atoms with van der Waals surface area (Å²) in [5.74, 6) is 0. The third kappa shape index (κ3) is 3.87. The topological polar surface area (TPSA) is 24.9 Å². The summed E-state index contributed by atoms with van der Waals surface area (Å²) in [5.41, 5.74) is 1.53. The first-order valence-electron chi connectivity index (χ1n) is 5.94. The molecule has 0 aromatic carbocycles. The molecule has 0 aliphatic heterocycles. The van der Waals surface area contributed by atoms with Crippen LogP contribution in [0.25, 0.3) is 0 Å². The lowest BCUT2D eigenvalue weighted by Gasteiger charge is -2.24. The SMILES string of the molecule is CCC(C)(C)NCc1csc(C(C)(C)C)n1. The summed E-state index contributed by atoms with van der Waals surface area (Å²) in [4.78, 5) is 4.67. The van der Waals surface area contributed by atoms with Crippen LogP contribution in [0.2, 0.25) is 0 Å². The van der Waals surface area contributed by atoms with Crippen molar-refractivity contribution < 1.29 is 0 Å². The van der Waals surface area contributed by atoms with Gasteiger partial charge in [-0.3, -0.25) is 0 Å². The molecule has 3 heteroatoms. The Hall–Kier alpha value is -0.410. The Morgan fingerprint density at radius 2 is 1.88 bits per heavy atom. The third-order valence-electron chi connectivity index (χ3n) is 2.83. The normalized spacial score (nSPS) is 13.1. The van der Waals surface area contributed by atoms with Crippen molar-refractivity contribution in [3.8, 4) is 0 Å². The number of hydrogen-bond acceptors (Lipinski definition) is 3. The second-order valence-corrected chi connectivity index (χ2v) is 6.84. The van der Waals surface area contributed by atoms with Gasteiger partial charge in [0, 0.05) is 22.9 Å². The van der Waals surface area contributed by atoms with Crippen molar-refractivity contribution >= 4 is 11.3 Å². The minimum atomic E-state index is 0.170. The molecular formula is C13H24N2S. The summed E-state index contributed by atoms with van der Waals surface area (Å²) < 4.78 is 0. The molecule has 0 fully saturated rings. The summed E-state index contributed by atoms with van der Waals surface area (Å²) in [6.07, 6.45) is 1.13. The van der Waals surface area contributed by atoms with Crippen LogP contribution in [0.15, 0.2) is 5.38 Å². The molecule has 92 valence electrons. The maximum absolute atomic E-state index is 4.67. The monoisotopic (exact) mass is 240 g/mol. The van der Waals surface area contributed by atoms with Gasteiger partial charge in [-0.2, -0.15) is 0 Å². The van der Waals surface area contributed by atoms with E-state index in [1.807, 2.05) is 0 Å². The summed E-state index contributed by atoms with van der Waals surface area (Å²) in [6, 6.07) is 0. The molecule has 0 spiro atoms. The fourth-order valence-corrected chi connectivity index (χ4v) is 2.09. The smallest absolute Gasteiger partial charge is 0.0982 e. The number of rotatable bonds is 4. The van der Waals surface area contributed by atoms with Crippen molar-refractivity contribution in [2.75, 3.05) is 0 Å². The second-order valence-electron chi connectivity index (χ2n) is 5.98. The van der Waals surface area contributed by atoms with Crippen molar-refractivity contribution in [1.29, 1.82) is 0 Å². The first kappa shape index (κ1) is 13.7.